The van der Waals surface area contributed by atoms with Crippen LogP contribution in [0.3, 0.4) is 0 Å². The summed E-state index contributed by atoms with van der Waals surface area (Å²) in [5.74, 6) is 0.865. The zero-order valence-corrected chi connectivity index (χ0v) is 11.9. The third kappa shape index (κ3) is 5.56. The predicted molar refractivity (Wildman–Crippen MR) is 78.7 cm³/mol. The third-order valence-corrected chi connectivity index (χ3v) is 3.56. The van der Waals surface area contributed by atoms with E-state index < -0.39 is 6.04 Å². The molecule has 1 amide bonds. The predicted octanol–water partition coefficient (Wildman–Crippen LogP) is 1.81. The molecule has 2 atom stereocenters. The van der Waals surface area contributed by atoms with Crippen LogP contribution in [0.15, 0.2) is 30.3 Å². The number of nitrogens with two attached hydrogens (primary N) is 1. The second-order valence-electron chi connectivity index (χ2n) is 4.50. The molecule has 2 unspecified atom stereocenters. The molecule has 1 aromatic carbocycles. The number of benzene rings is 1. The molecule has 0 radical (unpaired) electrons. The first-order valence-electron chi connectivity index (χ1n) is 6.22. The number of carbonyl (C=O) groups is 1. The molecule has 0 saturated carbocycles. The first-order chi connectivity index (χ1) is 8.63. The molecular weight excluding hydrogens is 244 g/mol. The lowest BCUT2D eigenvalue weighted by Gasteiger charge is -2.16. The lowest BCUT2D eigenvalue weighted by atomic mass is 10.1. The molecule has 3 N–H and O–H groups in total. The molecule has 0 heterocycles. The van der Waals surface area contributed by atoms with Crippen LogP contribution in [-0.4, -0.2) is 30.0 Å². The van der Waals surface area contributed by atoms with Crippen LogP contribution in [0.25, 0.3) is 0 Å². The average Bonchev–Trinajstić information content (AvgIpc) is 2.37. The highest BCUT2D eigenvalue weighted by Gasteiger charge is 2.15. The van der Waals surface area contributed by atoms with E-state index in [9.17, 15) is 4.79 Å². The monoisotopic (exact) mass is 266 g/mol. The molecule has 4 heteroatoms. The molecule has 100 valence electrons. The van der Waals surface area contributed by atoms with E-state index in [1.165, 1.54) is 5.56 Å². The van der Waals surface area contributed by atoms with Gasteiger partial charge in [-0.05, 0) is 31.6 Å². The van der Waals surface area contributed by atoms with Crippen LogP contribution in [-0.2, 0) is 11.2 Å². The second kappa shape index (κ2) is 8.16. The fraction of sp³-hybridized carbons (Fsp3) is 0.500. The molecular formula is C14H22N2OS. The van der Waals surface area contributed by atoms with Crippen LogP contribution in [0, 0.1) is 0 Å². The molecule has 0 bridgehead atoms. The van der Waals surface area contributed by atoms with Gasteiger partial charge in [-0.3, -0.25) is 4.79 Å². The molecule has 18 heavy (non-hydrogen) atoms. The van der Waals surface area contributed by atoms with Gasteiger partial charge in [0.25, 0.3) is 0 Å². The zero-order chi connectivity index (χ0) is 13.4. The number of carbonyl (C=O) groups excluding carboxylic acids is 1. The molecule has 0 aromatic heterocycles. The van der Waals surface area contributed by atoms with Crippen molar-refractivity contribution in [3.8, 4) is 0 Å². The number of hydrogen-bond acceptors (Lipinski definition) is 3. The van der Waals surface area contributed by atoms with Crippen molar-refractivity contribution in [1.29, 1.82) is 0 Å². The summed E-state index contributed by atoms with van der Waals surface area (Å²) in [5, 5.41) is 2.93. The van der Waals surface area contributed by atoms with Crippen LogP contribution in [0.2, 0.25) is 0 Å². The minimum absolute atomic E-state index is 0.0486. The molecule has 1 rings (SSSR count). The molecule has 0 aliphatic heterocycles. The smallest absolute Gasteiger partial charge is 0.237 e. The van der Waals surface area contributed by atoms with E-state index >= 15 is 0 Å². The topological polar surface area (TPSA) is 55.1 Å². The lowest BCUT2D eigenvalue weighted by molar-refractivity contribution is -0.122. The van der Waals surface area contributed by atoms with E-state index in [1.807, 2.05) is 31.4 Å². The van der Waals surface area contributed by atoms with Crippen molar-refractivity contribution < 1.29 is 4.79 Å². The van der Waals surface area contributed by atoms with Gasteiger partial charge in [0, 0.05) is 11.8 Å². The van der Waals surface area contributed by atoms with Crippen molar-refractivity contribution in [2.75, 3.05) is 12.0 Å². The highest BCUT2D eigenvalue weighted by molar-refractivity contribution is 7.98. The standard InChI is InChI=1S/C14H22N2OS/c1-11(10-18-2)16-14(17)13(15)9-8-12-6-4-3-5-7-12/h3-7,11,13H,8-10,15H2,1-2H3,(H,16,17). The molecule has 0 saturated heterocycles. The summed E-state index contributed by atoms with van der Waals surface area (Å²) in [7, 11) is 0. The van der Waals surface area contributed by atoms with E-state index in [0.717, 1.165) is 12.2 Å². The summed E-state index contributed by atoms with van der Waals surface area (Å²) in [6.07, 6.45) is 3.55. The number of aryl methyl sites for hydroxylation is 1. The van der Waals surface area contributed by atoms with Crippen LogP contribution >= 0.6 is 11.8 Å². The summed E-state index contributed by atoms with van der Waals surface area (Å²) in [4.78, 5) is 11.8. The Hall–Kier alpha value is -1.00. The maximum atomic E-state index is 11.8. The normalized spacial score (nSPS) is 13.9. The van der Waals surface area contributed by atoms with Gasteiger partial charge >= 0.3 is 0 Å². The van der Waals surface area contributed by atoms with Gasteiger partial charge in [-0.25, -0.2) is 0 Å². The van der Waals surface area contributed by atoms with E-state index in [2.05, 4.69) is 17.4 Å². The molecule has 3 nitrogen and oxygen atoms in total. The van der Waals surface area contributed by atoms with E-state index in [4.69, 9.17) is 5.73 Å². The van der Waals surface area contributed by atoms with Gasteiger partial charge in [0.15, 0.2) is 0 Å². The highest BCUT2D eigenvalue weighted by Crippen LogP contribution is 2.04. The minimum atomic E-state index is -0.422. The van der Waals surface area contributed by atoms with Crippen molar-refractivity contribution in [1.82, 2.24) is 5.32 Å². The SMILES string of the molecule is CSCC(C)NC(=O)C(N)CCc1ccccc1. The van der Waals surface area contributed by atoms with Gasteiger partial charge in [0.1, 0.15) is 0 Å². The molecule has 0 spiro atoms. The molecule has 0 fully saturated rings. The van der Waals surface area contributed by atoms with Crippen molar-refractivity contribution in [2.24, 2.45) is 5.73 Å². The van der Waals surface area contributed by atoms with Crippen LogP contribution in [0.1, 0.15) is 18.9 Å². The summed E-state index contributed by atoms with van der Waals surface area (Å²) < 4.78 is 0. The van der Waals surface area contributed by atoms with Crippen molar-refractivity contribution in [3.05, 3.63) is 35.9 Å². The Morgan fingerprint density at radius 3 is 2.67 bits per heavy atom. The Kier molecular flexibility index (Phi) is 6.83. The third-order valence-electron chi connectivity index (χ3n) is 2.73. The second-order valence-corrected chi connectivity index (χ2v) is 5.41. The number of thioether (sulfide) groups is 1. The zero-order valence-electron chi connectivity index (χ0n) is 11.1. The highest BCUT2D eigenvalue weighted by atomic mass is 32.2. The Labute approximate surface area is 114 Å². The molecule has 1 aromatic rings. The van der Waals surface area contributed by atoms with Crippen LogP contribution in [0.4, 0.5) is 0 Å². The van der Waals surface area contributed by atoms with Crippen LogP contribution in [0.5, 0.6) is 0 Å². The number of rotatable bonds is 7. The fourth-order valence-corrected chi connectivity index (χ4v) is 2.32. The summed E-state index contributed by atoms with van der Waals surface area (Å²) in [6, 6.07) is 9.86. The number of amides is 1. The Morgan fingerprint density at radius 2 is 2.06 bits per heavy atom. The van der Waals surface area contributed by atoms with Gasteiger partial charge in [-0.2, -0.15) is 11.8 Å². The van der Waals surface area contributed by atoms with Gasteiger partial charge < -0.3 is 11.1 Å². The van der Waals surface area contributed by atoms with E-state index in [-0.39, 0.29) is 11.9 Å². The van der Waals surface area contributed by atoms with E-state index in [0.29, 0.717) is 6.42 Å². The summed E-state index contributed by atoms with van der Waals surface area (Å²) >= 11 is 1.72. The first kappa shape index (κ1) is 15.1. The van der Waals surface area contributed by atoms with Crippen molar-refractivity contribution >= 4 is 17.7 Å². The molecule has 0 aliphatic carbocycles. The van der Waals surface area contributed by atoms with Crippen LogP contribution < -0.4 is 11.1 Å². The van der Waals surface area contributed by atoms with Crippen molar-refractivity contribution in [3.63, 3.8) is 0 Å². The quantitative estimate of drug-likeness (QED) is 0.791. The summed E-state index contributed by atoms with van der Waals surface area (Å²) in [5.41, 5.74) is 7.11. The van der Waals surface area contributed by atoms with Gasteiger partial charge in [0.2, 0.25) is 5.91 Å². The fourth-order valence-electron chi connectivity index (χ4n) is 1.74. The lowest BCUT2D eigenvalue weighted by Crippen LogP contribution is -2.45. The first-order valence-corrected chi connectivity index (χ1v) is 7.61. The maximum Gasteiger partial charge on any atom is 0.237 e. The summed E-state index contributed by atoms with van der Waals surface area (Å²) in [6.45, 7) is 2.00. The Bertz CT molecular complexity index is 356. The Balaban J connectivity index is 2.32. The largest absolute Gasteiger partial charge is 0.351 e. The number of hydrogen-bond donors (Lipinski definition) is 2. The number of nitrogens with one attached hydrogen (secondary N) is 1. The van der Waals surface area contributed by atoms with Crippen molar-refractivity contribution in [2.45, 2.75) is 31.8 Å². The molecule has 0 aliphatic rings. The van der Waals surface area contributed by atoms with Gasteiger partial charge in [-0.15, -0.1) is 0 Å². The maximum absolute atomic E-state index is 11.8. The Morgan fingerprint density at radius 1 is 1.39 bits per heavy atom. The van der Waals surface area contributed by atoms with E-state index in [1.54, 1.807) is 11.8 Å². The average molecular weight is 266 g/mol. The van der Waals surface area contributed by atoms with Gasteiger partial charge in [0.05, 0.1) is 6.04 Å². The minimum Gasteiger partial charge on any atom is -0.351 e. The van der Waals surface area contributed by atoms with Gasteiger partial charge in [-0.1, -0.05) is 30.3 Å².